The second-order valence-corrected chi connectivity index (χ2v) is 57.8. The molecule has 0 bridgehead atoms. The molecule has 0 atom stereocenters. The molecule has 0 amide bonds. The molecule has 0 fully saturated rings. The van der Waals surface area contributed by atoms with E-state index in [0.717, 1.165) is 6.42 Å². The molecule has 0 aliphatic carbocycles. The first-order valence-corrected chi connectivity index (χ1v) is 24.0. The first kappa shape index (κ1) is 13.6. The fourth-order valence-corrected chi connectivity index (χ4v) is 0. The Hall–Kier alpha value is 3.03. The molecule has 0 radical (unpaired) electrons. The van der Waals surface area contributed by atoms with Gasteiger partial charge in [0.25, 0.3) is 0 Å². The average molecular weight is 532 g/mol. The molecule has 1 N–H and O–H groups in total. The average Bonchev–Trinajstić information content (AvgIpc) is 1.65. The van der Waals surface area contributed by atoms with Gasteiger partial charge in [-0.3, -0.25) is 0 Å². The molecule has 0 saturated carbocycles. The van der Waals surface area contributed by atoms with Gasteiger partial charge in [0.1, 0.15) is 0 Å². The Morgan fingerprint density at radius 2 is 1.50 bits per heavy atom. The van der Waals surface area contributed by atoms with Gasteiger partial charge in [-0.25, -0.2) is 0 Å². The summed E-state index contributed by atoms with van der Waals surface area (Å²) in [6, 6.07) is 0. The standard InChI is InChI=1S/C3H8O.3HI.Zr/c1-2-3-4;;;;/h4H,2-3H2,1H3;3*1H;/q;;;;+3/p-3. The summed E-state index contributed by atoms with van der Waals surface area (Å²) in [4.78, 5) is 0. The zero-order chi connectivity index (χ0) is 6.99. The fourth-order valence-electron chi connectivity index (χ4n) is 0. The van der Waals surface area contributed by atoms with Crippen molar-refractivity contribution in [2.45, 2.75) is 13.3 Å². The van der Waals surface area contributed by atoms with Crippen molar-refractivity contribution in [2.24, 2.45) is 0 Å². The maximum absolute atomic E-state index is 7.88. The number of aliphatic hydroxyl groups is 1. The van der Waals surface area contributed by atoms with Gasteiger partial charge in [-0.15, -0.1) is 0 Å². The topological polar surface area (TPSA) is 20.2 Å². The Morgan fingerprint density at radius 3 is 1.50 bits per heavy atom. The van der Waals surface area contributed by atoms with Crippen molar-refractivity contribution in [3.8, 4) is 0 Å². The van der Waals surface area contributed by atoms with Crippen molar-refractivity contribution >= 4 is 54.1 Å². The fraction of sp³-hybridized carbons (Fsp3) is 1.00. The molecule has 51 valence electrons. The molecule has 0 aromatic heterocycles. The van der Waals surface area contributed by atoms with Crippen LogP contribution in [0.1, 0.15) is 13.3 Å². The third-order valence-corrected chi connectivity index (χ3v) is 0.224. The maximum atomic E-state index is 7.88. The van der Waals surface area contributed by atoms with Crippen molar-refractivity contribution in [3.05, 3.63) is 0 Å². The van der Waals surface area contributed by atoms with Crippen molar-refractivity contribution < 1.29 is 14.3 Å². The number of aliphatic hydroxyl groups excluding tert-OH is 1. The third kappa shape index (κ3) is 35.8. The summed E-state index contributed by atoms with van der Waals surface area (Å²) in [5, 5.41) is 7.88. The van der Waals surface area contributed by atoms with Crippen LogP contribution in [0.25, 0.3) is 0 Å². The van der Waals surface area contributed by atoms with Crippen LogP contribution in [-0.4, -0.2) is 11.7 Å². The summed E-state index contributed by atoms with van der Waals surface area (Å²) < 4.78 is 0. The number of hydrogen-bond donors (Lipinski definition) is 1. The predicted octanol–water partition coefficient (Wildman–Crippen LogP) is 3.04. The number of halogens is 3. The van der Waals surface area contributed by atoms with E-state index >= 15 is 0 Å². The van der Waals surface area contributed by atoms with Crippen LogP contribution in [0.5, 0.6) is 0 Å². The first-order chi connectivity index (χ1) is 3.65. The summed E-state index contributed by atoms with van der Waals surface area (Å²) in [5.41, 5.74) is 0. The summed E-state index contributed by atoms with van der Waals surface area (Å²) >= 11 is 7.54. The van der Waals surface area contributed by atoms with Gasteiger partial charge >= 0.3 is 63.3 Å². The molecule has 0 aromatic carbocycles. The van der Waals surface area contributed by atoms with Crippen molar-refractivity contribution in [3.63, 3.8) is 0 Å². The van der Waals surface area contributed by atoms with Crippen LogP contribution >= 0.6 is 54.1 Å². The minimum atomic E-state index is -0.633. The predicted molar refractivity (Wildman–Crippen MR) is 59.4 cm³/mol. The van der Waals surface area contributed by atoms with Crippen LogP contribution in [0.15, 0.2) is 0 Å². The molecule has 1 nitrogen and oxygen atoms in total. The molecule has 8 heavy (non-hydrogen) atoms. The van der Waals surface area contributed by atoms with E-state index in [0.29, 0.717) is 6.61 Å². The molecule has 0 aliphatic heterocycles. The normalized spacial score (nSPS) is 7.12. The quantitative estimate of drug-likeness (QED) is 0.516. The van der Waals surface area contributed by atoms with Crippen LogP contribution < -0.4 is 0 Å². The van der Waals surface area contributed by atoms with Crippen LogP contribution in [-0.2, 0) is 9.18 Å². The van der Waals surface area contributed by atoms with Gasteiger partial charge in [0.2, 0.25) is 0 Å². The van der Waals surface area contributed by atoms with E-state index in [4.69, 9.17) is 5.11 Å². The molecular weight excluding hydrogens is 524 g/mol. The summed E-state index contributed by atoms with van der Waals surface area (Å²) in [5.74, 6) is 0. The van der Waals surface area contributed by atoms with Crippen molar-refractivity contribution in [1.29, 1.82) is 0 Å². The third-order valence-electron chi connectivity index (χ3n) is 0.224. The summed E-state index contributed by atoms with van der Waals surface area (Å²) in [6.07, 6.45) is 0.875. The van der Waals surface area contributed by atoms with E-state index in [9.17, 15) is 0 Å². The number of rotatable bonds is 1. The molecule has 5 heteroatoms. The van der Waals surface area contributed by atoms with Crippen LogP contribution in [0.4, 0.5) is 0 Å². The van der Waals surface area contributed by atoms with Crippen molar-refractivity contribution in [2.75, 3.05) is 6.61 Å². The molecule has 0 rings (SSSR count). The molecule has 0 aromatic rings. The van der Waals surface area contributed by atoms with Gasteiger partial charge in [0.05, 0.1) is 0 Å². The first-order valence-electron chi connectivity index (χ1n) is 2.09. The van der Waals surface area contributed by atoms with Crippen LogP contribution in [0.3, 0.4) is 0 Å². The Labute approximate surface area is 86.1 Å². The van der Waals surface area contributed by atoms with Crippen molar-refractivity contribution in [1.82, 2.24) is 0 Å². The molecule has 0 saturated heterocycles. The molecule has 0 spiro atoms. The molecule has 0 aliphatic rings. The molecule has 0 heterocycles. The Kier molecular flexibility index (Phi) is 21.6. The van der Waals surface area contributed by atoms with E-state index < -0.39 is 9.18 Å². The van der Waals surface area contributed by atoms with Crippen LogP contribution in [0, 0.1) is 0 Å². The second kappa shape index (κ2) is 12.7. The SMILES string of the molecule is CCCO.[I][Zr]([I])[I]. The molecular formula is C3H8I3OZr. The summed E-state index contributed by atoms with van der Waals surface area (Å²) in [6.45, 7) is 2.25. The monoisotopic (exact) mass is 531 g/mol. The van der Waals surface area contributed by atoms with E-state index in [1.54, 1.807) is 0 Å². The minimum absolute atomic E-state index is 0.319. The zero-order valence-electron chi connectivity index (χ0n) is 4.50. The van der Waals surface area contributed by atoms with Gasteiger partial charge in [-0.1, -0.05) is 6.92 Å². The van der Waals surface area contributed by atoms with Gasteiger partial charge < -0.3 is 5.11 Å². The van der Waals surface area contributed by atoms with Gasteiger partial charge in [-0.05, 0) is 6.42 Å². The van der Waals surface area contributed by atoms with Gasteiger partial charge in [0.15, 0.2) is 0 Å². The Bertz CT molecular complexity index is 31.0. The van der Waals surface area contributed by atoms with Gasteiger partial charge in [-0.2, -0.15) is 0 Å². The van der Waals surface area contributed by atoms with E-state index in [1.165, 1.54) is 0 Å². The molecule has 0 unspecified atom stereocenters. The second-order valence-electron chi connectivity index (χ2n) is 0.938. The zero-order valence-corrected chi connectivity index (χ0v) is 13.4. The van der Waals surface area contributed by atoms with Gasteiger partial charge in [0, 0.05) is 6.61 Å². The Morgan fingerprint density at radius 1 is 1.38 bits per heavy atom. The van der Waals surface area contributed by atoms with E-state index in [1.807, 2.05) is 6.92 Å². The summed E-state index contributed by atoms with van der Waals surface area (Å²) in [7, 11) is -0.633. The Balaban J connectivity index is 0. The number of hydrogen-bond acceptors (Lipinski definition) is 1. The van der Waals surface area contributed by atoms with E-state index in [-0.39, 0.29) is 0 Å². The van der Waals surface area contributed by atoms with E-state index in [2.05, 4.69) is 54.1 Å². The van der Waals surface area contributed by atoms with Crippen LogP contribution in [0.2, 0.25) is 0 Å².